The normalized spacial score (nSPS) is 15.1. The lowest BCUT2D eigenvalue weighted by molar-refractivity contribution is -0.114. The molecular formula is C14H17NO. The van der Waals surface area contributed by atoms with Crippen LogP contribution < -0.4 is 0 Å². The fourth-order valence-electron chi connectivity index (χ4n) is 2.07. The first-order valence-corrected chi connectivity index (χ1v) is 5.65. The number of carbonyl (C=O) groups is 1. The van der Waals surface area contributed by atoms with Crippen molar-refractivity contribution in [2.75, 3.05) is 7.05 Å². The van der Waals surface area contributed by atoms with Crippen LogP contribution in [-0.4, -0.2) is 17.7 Å². The van der Waals surface area contributed by atoms with Crippen LogP contribution in [0.1, 0.15) is 24.0 Å². The highest BCUT2D eigenvalue weighted by molar-refractivity contribution is 5.92. The molecule has 1 aliphatic rings. The molecule has 0 bridgehead atoms. The quantitative estimate of drug-likeness (QED) is 0.772. The monoisotopic (exact) mass is 215 g/mol. The van der Waals surface area contributed by atoms with E-state index in [-0.39, 0.29) is 5.78 Å². The topological polar surface area (TPSA) is 20.3 Å². The lowest BCUT2D eigenvalue weighted by Gasteiger charge is -2.20. The molecule has 16 heavy (non-hydrogen) atoms. The molecule has 0 aromatic heterocycles. The van der Waals surface area contributed by atoms with E-state index in [0.717, 1.165) is 18.7 Å². The first-order valence-electron chi connectivity index (χ1n) is 5.65. The lowest BCUT2D eigenvalue weighted by atomic mass is 10.1. The number of allylic oxidation sites excluding steroid dienone is 2. The van der Waals surface area contributed by atoms with Crippen LogP contribution in [0, 0.1) is 6.92 Å². The molecule has 0 N–H and O–H groups in total. The SMILES string of the molecule is Cc1cccc(CN(C)C2=CC(=O)CC2)c1. The Morgan fingerprint density at radius 2 is 2.12 bits per heavy atom. The largest absolute Gasteiger partial charge is 0.373 e. The van der Waals surface area contributed by atoms with Gasteiger partial charge in [-0.15, -0.1) is 0 Å². The molecule has 0 spiro atoms. The van der Waals surface area contributed by atoms with Crippen molar-refractivity contribution in [3.05, 3.63) is 47.2 Å². The van der Waals surface area contributed by atoms with Gasteiger partial charge in [-0.3, -0.25) is 4.79 Å². The average molecular weight is 215 g/mol. The predicted molar refractivity (Wildman–Crippen MR) is 65.0 cm³/mol. The molecule has 1 aromatic rings. The Labute approximate surface area is 96.6 Å². The summed E-state index contributed by atoms with van der Waals surface area (Å²) >= 11 is 0. The number of carbonyl (C=O) groups excluding carboxylic acids is 1. The van der Waals surface area contributed by atoms with Gasteiger partial charge in [0.05, 0.1) is 0 Å². The smallest absolute Gasteiger partial charge is 0.157 e. The minimum Gasteiger partial charge on any atom is -0.373 e. The third kappa shape index (κ3) is 2.51. The first kappa shape index (κ1) is 10.9. The van der Waals surface area contributed by atoms with Crippen LogP contribution in [0.15, 0.2) is 36.0 Å². The molecular weight excluding hydrogens is 198 g/mol. The van der Waals surface area contributed by atoms with Gasteiger partial charge in [0.15, 0.2) is 5.78 Å². The van der Waals surface area contributed by atoms with Gasteiger partial charge in [0, 0.05) is 31.8 Å². The van der Waals surface area contributed by atoms with Crippen LogP contribution in [0.2, 0.25) is 0 Å². The van der Waals surface area contributed by atoms with E-state index in [4.69, 9.17) is 0 Å². The van der Waals surface area contributed by atoms with Gasteiger partial charge in [0.1, 0.15) is 0 Å². The minimum atomic E-state index is 0.256. The molecule has 0 unspecified atom stereocenters. The summed E-state index contributed by atoms with van der Waals surface area (Å²) in [6, 6.07) is 8.49. The number of rotatable bonds is 3. The van der Waals surface area contributed by atoms with Crippen molar-refractivity contribution in [2.24, 2.45) is 0 Å². The first-order chi connectivity index (χ1) is 7.65. The van der Waals surface area contributed by atoms with Crippen molar-refractivity contribution < 1.29 is 4.79 Å². The maximum absolute atomic E-state index is 11.2. The zero-order chi connectivity index (χ0) is 11.5. The Morgan fingerprint density at radius 1 is 1.31 bits per heavy atom. The van der Waals surface area contributed by atoms with Crippen LogP contribution in [0.5, 0.6) is 0 Å². The van der Waals surface area contributed by atoms with Crippen molar-refractivity contribution in [1.82, 2.24) is 4.90 Å². The number of benzene rings is 1. The fourth-order valence-corrected chi connectivity index (χ4v) is 2.07. The van der Waals surface area contributed by atoms with Gasteiger partial charge in [-0.2, -0.15) is 0 Å². The molecule has 1 aliphatic carbocycles. The zero-order valence-electron chi connectivity index (χ0n) is 9.86. The van der Waals surface area contributed by atoms with Gasteiger partial charge in [-0.1, -0.05) is 29.8 Å². The van der Waals surface area contributed by atoms with E-state index in [1.165, 1.54) is 11.1 Å². The summed E-state index contributed by atoms with van der Waals surface area (Å²) in [7, 11) is 2.05. The van der Waals surface area contributed by atoms with Crippen LogP contribution >= 0.6 is 0 Å². The second kappa shape index (κ2) is 4.52. The van der Waals surface area contributed by atoms with E-state index in [1.54, 1.807) is 6.08 Å². The van der Waals surface area contributed by atoms with E-state index >= 15 is 0 Å². The van der Waals surface area contributed by atoms with Gasteiger partial charge in [-0.05, 0) is 18.9 Å². The Bertz CT molecular complexity index is 434. The maximum atomic E-state index is 11.2. The molecule has 1 aromatic carbocycles. The van der Waals surface area contributed by atoms with E-state index < -0.39 is 0 Å². The second-order valence-electron chi connectivity index (χ2n) is 4.45. The lowest BCUT2D eigenvalue weighted by Crippen LogP contribution is -2.15. The summed E-state index contributed by atoms with van der Waals surface area (Å²) in [6.07, 6.45) is 3.34. The Morgan fingerprint density at radius 3 is 2.75 bits per heavy atom. The van der Waals surface area contributed by atoms with Gasteiger partial charge in [0.2, 0.25) is 0 Å². The molecule has 0 saturated heterocycles. The molecule has 2 heteroatoms. The summed E-state index contributed by atoms with van der Waals surface area (Å²) in [5.74, 6) is 0.256. The summed E-state index contributed by atoms with van der Waals surface area (Å²) < 4.78 is 0. The molecule has 2 nitrogen and oxygen atoms in total. The fraction of sp³-hybridized carbons (Fsp3) is 0.357. The molecule has 0 radical (unpaired) electrons. The van der Waals surface area contributed by atoms with Gasteiger partial charge < -0.3 is 4.90 Å². The summed E-state index contributed by atoms with van der Waals surface area (Å²) in [4.78, 5) is 13.3. The Hall–Kier alpha value is -1.57. The van der Waals surface area contributed by atoms with Gasteiger partial charge in [-0.25, -0.2) is 0 Å². The molecule has 2 rings (SSSR count). The molecule has 0 saturated carbocycles. The number of hydrogen-bond donors (Lipinski definition) is 0. The molecule has 0 fully saturated rings. The van der Waals surface area contributed by atoms with Crippen LogP contribution in [-0.2, 0) is 11.3 Å². The van der Waals surface area contributed by atoms with Crippen molar-refractivity contribution >= 4 is 5.78 Å². The summed E-state index contributed by atoms with van der Waals surface area (Å²) in [5, 5.41) is 0. The van der Waals surface area contributed by atoms with E-state index in [2.05, 4.69) is 36.1 Å². The summed E-state index contributed by atoms with van der Waals surface area (Å²) in [6.45, 7) is 2.97. The van der Waals surface area contributed by atoms with Crippen molar-refractivity contribution in [3.63, 3.8) is 0 Å². The molecule has 0 amide bonds. The Kier molecular flexibility index (Phi) is 3.09. The number of hydrogen-bond acceptors (Lipinski definition) is 2. The average Bonchev–Trinajstić information content (AvgIpc) is 2.65. The van der Waals surface area contributed by atoms with E-state index in [0.29, 0.717) is 6.42 Å². The van der Waals surface area contributed by atoms with E-state index in [9.17, 15) is 4.79 Å². The minimum absolute atomic E-state index is 0.256. The maximum Gasteiger partial charge on any atom is 0.157 e. The van der Waals surface area contributed by atoms with E-state index in [1.807, 2.05) is 7.05 Å². The van der Waals surface area contributed by atoms with Crippen molar-refractivity contribution in [2.45, 2.75) is 26.3 Å². The van der Waals surface area contributed by atoms with Crippen LogP contribution in [0.4, 0.5) is 0 Å². The molecule has 0 aliphatic heterocycles. The highest BCUT2D eigenvalue weighted by Gasteiger charge is 2.15. The number of nitrogens with zero attached hydrogens (tertiary/aromatic N) is 1. The van der Waals surface area contributed by atoms with Crippen LogP contribution in [0.3, 0.4) is 0 Å². The highest BCUT2D eigenvalue weighted by atomic mass is 16.1. The number of ketones is 1. The molecule has 0 atom stereocenters. The van der Waals surface area contributed by atoms with Crippen molar-refractivity contribution in [3.8, 4) is 0 Å². The molecule has 0 heterocycles. The van der Waals surface area contributed by atoms with Crippen LogP contribution in [0.25, 0.3) is 0 Å². The Balaban J connectivity index is 2.05. The zero-order valence-corrected chi connectivity index (χ0v) is 9.86. The third-order valence-electron chi connectivity index (χ3n) is 2.95. The summed E-state index contributed by atoms with van der Waals surface area (Å²) in [5.41, 5.74) is 3.73. The number of aryl methyl sites for hydroxylation is 1. The van der Waals surface area contributed by atoms with Gasteiger partial charge >= 0.3 is 0 Å². The van der Waals surface area contributed by atoms with Gasteiger partial charge in [0.25, 0.3) is 0 Å². The highest BCUT2D eigenvalue weighted by Crippen LogP contribution is 2.20. The third-order valence-corrected chi connectivity index (χ3v) is 2.95. The second-order valence-corrected chi connectivity index (χ2v) is 4.45. The predicted octanol–water partition coefficient (Wildman–Crippen LogP) is 2.67. The van der Waals surface area contributed by atoms with Crippen molar-refractivity contribution in [1.29, 1.82) is 0 Å². The molecule has 84 valence electrons. The standard InChI is InChI=1S/C14H17NO/c1-11-4-3-5-12(8-11)10-15(2)13-6-7-14(16)9-13/h3-5,8-9H,6-7,10H2,1-2H3.